The first kappa shape index (κ1) is 14.4. The average molecular weight is 299 g/mol. The van der Waals surface area contributed by atoms with Crippen LogP contribution in [0.1, 0.15) is 31.9 Å². The molecule has 1 heterocycles. The number of hydrogen-bond donors (Lipinski definition) is 2. The van der Waals surface area contributed by atoms with Crippen molar-refractivity contribution < 1.29 is 8.42 Å². The highest BCUT2D eigenvalue weighted by Crippen LogP contribution is 2.35. The van der Waals surface area contributed by atoms with Crippen LogP contribution >= 0.6 is 12.2 Å². The van der Waals surface area contributed by atoms with Gasteiger partial charge in [0.15, 0.2) is 0 Å². The number of aromatic nitrogens is 1. The summed E-state index contributed by atoms with van der Waals surface area (Å²) in [5, 5.41) is 0. The lowest BCUT2D eigenvalue weighted by molar-refractivity contribution is 0.572. The van der Waals surface area contributed by atoms with Crippen LogP contribution in [0.4, 0.5) is 0 Å². The molecule has 104 valence electrons. The van der Waals surface area contributed by atoms with E-state index in [1.807, 2.05) is 0 Å². The largest absolute Gasteiger partial charge is 0.388 e. The molecule has 0 saturated heterocycles. The van der Waals surface area contributed by atoms with Gasteiger partial charge in [-0.25, -0.2) is 13.1 Å². The molecule has 1 fully saturated rings. The van der Waals surface area contributed by atoms with E-state index in [0.717, 1.165) is 19.3 Å². The summed E-state index contributed by atoms with van der Waals surface area (Å²) in [4.78, 5) is 3.99. The van der Waals surface area contributed by atoms with Crippen LogP contribution in [0.2, 0.25) is 0 Å². The molecular weight excluding hydrogens is 282 g/mol. The summed E-state index contributed by atoms with van der Waals surface area (Å²) in [6.07, 6.45) is 4.48. The zero-order chi connectivity index (χ0) is 14.0. The minimum absolute atomic E-state index is 0.0121. The van der Waals surface area contributed by atoms with Gasteiger partial charge in [0.1, 0.15) is 15.6 Å². The van der Waals surface area contributed by atoms with Crippen LogP contribution in [0, 0.1) is 5.92 Å². The van der Waals surface area contributed by atoms with Crippen molar-refractivity contribution in [2.45, 2.75) is 37.1 Å². The Morgan fingerprint density at radius 1 is 1.63 bits per heavy atom. The predicted molar refractivity (Wildman–Crippen MR) is 77.2 cm³/mol. The molecule has 19 heavy (non-hydrogen) atoms. The number of nitrogens with two attached hydrogens (primary N) is 1. The number of rotatable bonds is 6. The molecule has 3 N–H and O–H groups in total. The fraction of sp³-hybridized carbons (Fsp3) is 0.500. The molecule has 0 aromatic carbocycles. The first-order valence-corrected chi connectivity index (χ1v) is 8.12. The maximum absolute atomic E-state index is 12.3. The SMILES string of the molecule is CCCC1CC1NS(=O)(=O)c1cccnc1C(N)=S. The van der Waals surface area contributed by atoms with Crippen LogP contribution in [0.3, 0.4) is 0 Å². The second kappa shape index (κ2) is 5.52. The zero-order valence-corrected chi connectivity index (χ0v) is 12.3. The molecule has 1 aromatic rings. The number of hydrogen-bond acceptors (Lipinski definition) is 4. The van der Waals surface area contributed by atoms with Gasteiger partial charge in [0.05, 0.1) is 0 Å². The quantitative estimate of drug-likeness (QED) is 0.771. The Balaban J connectivity index is 2.19. The van der Waals surface area contributed by atoms with E-state index >= 15 is 0 Å². The first-order valence-electron chi connectivity index (χ1n) is 6.23. The van der Waals surface area contributed by atoms with E-state index < -0.39 is 10.0 Å². The summed E-state index contributed by atoms with van der Waals surface area (Å²) in [5.74, 6) is 0.449. The van der Waals surface area contributed by atoms with Gasteiger partial charge in [0.25, 0.3) is 0 Å². The Labute approximate surface area is 118 Å². The van der Waals surface area contributed by atoms with Gasteiger partial charge in [0.2, 0.25) is 10.0 Å². The second-order valence-corrected chi connectivity index (χ2v) is 6.85. The predicted octanol–water partition coefficient (Wildman–Crippen LogP) is 1.18. The zero-order valence-electron chi connectivity index (χ0n) is 10.7. The lowest BCUT2D eigenvalue weighted by Crippen LogP contribution is -2.29. The van der Waals surface area contributed by atoms with Crippen molar-refractivity contribution >= 4 is 27.2 Å². The van der Waals surface area contributed by atoms with Gasteiger partial charge in [-0.2, -0.15) is 0 Å². The lowest BCUT2D eigenvalue weighted by atomic mass is 10.2. The van der Waals surface area contributed by atoms with E-state index in [4.69, 9.17) is 18.0 Å². The standard InChI is InChI=1S/C12H17N3O2S2/c1-2-4-8-7-9(8)15-19(16,17)10-5-3-6-14-11(10)12(13)18/h3,5-6,8-9,15H,2,4,7H2,1H3,(H2,13,18). The highest BCUT2D eigenvalue weighted by atomic mass is 32.2. The van der Waals surface area contributed by atoms with E-state index in [1.54, 1.807) is 6.07 Å². The van der Waals surface area contributed by atoms with Crippen LogP contribution in [0.15, 0.2) is 23.2 Å². The molecule has 2 unspecified atom stereocenters. The van der Waals surface area contributed by atoms with Gasteiger partial charge in [-0.3, -0.25) is 4.98 Å². The maximum Gasteiger partial charge on any atom is 0.243 e. The fourth-order valence-electron chi connectivity index (χ4n) is 2.14. The van der Waals surface area contributed by atoms with Gasteiger partial charge in [0, 0.05) is 12.2 Å². The number of nitrogens with one attached hydrogen (secondary N) is 1. The number of thiocarbonyl (C=S) groups is 1. The Morgan fingerprint density at radius 2 is 2.37 bits per heavy atom. The minimum atomic E-state index is -3.60. The first-order chi connectivity index (χ1) is 8.95. The van der Waals surface area contributed by atoms with Crippen LogP contribution in [-0.2, 0) is 10.0 Å². The maximum atomic E-state index is 12.3. The third-order valence-corrected chi connectivity index (χ3v) is 4.90. The molecule has 0 amide bonds. The Bertz CT molecular complexity index is 586. The Hall–Kier alpha value is -1.05. The van der Waals surface area contributed by atoms with Gasteiger partial charge in [-0.05, 0) is 30.9 Å². The molecule has 2 atom stereocenters. The van der Waals surface area contributed by atoms with Crippen LogP contribution < -0.4 is 10.5 Å². The van der Waals surface area contributed by atoms with Crippen LogP contribution in [-0.4, -0.2) is 24.4 Å². The Morgan fingerprint density at radius 3 is 3.00 bits per heavy atom. The molecule has 1 aliphatic rings. The number of pyridine rings is 1. The molecule has 1 saturated carbocycles. The van der Waals surface area contributed by atoms with E-state index in [0.29, 0.717) is 5.92 Å². The molecule has 2 rings (SSSR count). The molecule has 7 heteroatoms. The van der Waals surface area contributed by atoms with E-state index in [1.165, 1.54) is 12.3 Å². The smallest absolute Gasteiger partial charge is 0.243 e. The normalized spacial score (nSPS) is 22.2. The van der Waals surface area contributed by atoms with Crippen molar-refractivity contribution in [1.29, 1.82) is 0 Å². The van der Waals surface area contributed by atoms with Crippen molar-refractivity contribution in [1.82, 2.24) is 9.71 Å². The van der Waals surface area contributed by atoms with Gasteiger partial charge in [-0.15, -0.1) is 0 Å². The lowest BCUT2D eigenvalue weighted by Gasteiger charge is -2.09. The third kappa shape index (κ3) is 3.29. The molecular formula is C12H17N3O2S2. The average Bonchev–Trinajstić information content (AvgIpc) is 3.07. The molecule has 0 aliphatic heterocycles. The highest BCUT2D eigenvalue weighted by Gasteiger charge is 2.39. The molecule has 0 spiro atoms. The van der Waals surface area contributed by atoms with E-state index in [2.05, 4.69) is 16.6 Å². The molecule has 1 aliphatic carbocycles. The van der Waals surface area contributed by atoms with Crippen molar-refractivity contribution in [3.63, 3.8) is 0 Å². The van der Waals surface area contributed by atoms with Crippen molar-refractivity contribution in [3.05, 3.63) is 24.0 Å². The number of nitrogens with zero attached hydrogens (tertiary/aromatic N) is 1. The van der Waals surface area contributed by atoms with Crippen molar-refractivity contribution in [3.8, 4) is 0 Å². The number of sulfonamides is 1. The summed E-state index contributed by atoms with van der Waals surface area (Å²) >= 11 is 4.84. The topological polar surface area (TPSA) is 85.1 Å². The Kier molecular flexibility index (Phi) is 4.17. The van der Waals surface area contributed by atoms with E-state index in [-0.39, 0.29) is 21.6 Å². The molecule has 0 radical (unpaired) electrons. The van der Waals surface area contributed by atoms with Gasteiger partial charge in [-0.1, -0.05) is 25.6 Å². The van der Waals surface area contributed by atoms with Crippen molar-refractivity contribution in [2.75, 3.05) is 0 Å². The van der Waals surface area contributed by atoms with Crippen LogP contribution in [0.25, 0.3) is 0 Å². The van der Waals surface area contributed by atoms with Crippen LogP contribution in [0.5, 0.6) is 0 Å². The second-order valence-electron chi connectivity index (χ2n) is 4.73. The summed E-state index contributed by atoms with van der Waals surface area (Å²) in [6, 6.07) is 3.07. The van der Waals surface area contributed by atoms with E-state index in [9.17, 15) is 8.42 Å². The molecule has 1 aromatic heterocycles. The van der Waals surface area contributed by atoms with Gasteiger partial charge >= 0.3 is 0 Å². The molecule has 0 bridgehead atoms. The van der Waals surface area contributed by atoms with Gasteiger partial charge < -0.3 is 5.73 Å². The molecule has 5 nitrogen and oxygen atoms in total. The highest BCUT2D eigenvalue weighted by molar-refractivity contribution is 7.89. The van der Waals surface area contributed by atoms with Crippen molar-refractivity contribution in [2.24, 2.45) is 11.7 Å². The monoisotopic (exact) mass is 299 g/mol. The fourth-order valence-corrected chi connectivity index (χ4v) is 3.85. The summed E-state index contributed by atoms with van der Waals surface area (Å²) < 4.78 is 27.3. The minimum Gasteiger partial charge on any atom is -0.388 e. The third-order valence-electron chi connectivity index (χ3n) is 3.18. The summed E-state index contributed by atoms with van der Waals surface area (Å²) in [5.41, 5.74) is 5.66. The summed E-state index contributed by atoms with van der Waals surface area (Å²) in [6.45, 7) is 2.09. The summed E-state index contributed by atoms with van der Waals surface area (Å²) in [7, 11) is -3.60.